The molecule has 0 N–H and O–H groups in total. The van der Waals surface area contributed by atoms with E-state index in [0.29, 0.717) is 0 Å². The summed E-state index contributed by atoms with van der Waals surface area (Å²) in [5.74, 6) is -2.19. The van der Waals surface area contributed by atoms with Gasteiger partial charge < -0.3 is 4.74 Å². The lowest BCUT2D eigenvalue weighted by molar-refractivity contribution is -0.160. The van der Waals surface area contributed by atoms with Crippen LogP contribution in [0.3, 0.4) is 0 Å². The van der Waals surface area contributed by atoms with Crippen molar-refractivity contribution in [2.45, 2.75) is 52.7 Å². The number of rotatable bonds is 4. The Bertz CT molecular complexity index is 783. The van der Waals surface area contributed by atoms with Crippen LogP contribution in [-0.2, 0) is 9.53 Å². The van der Waals surface area contributed by atoms with E-state index in [9.17, 15) is 14.4 Å². The molecule has 0 bridgehead atoms. The molecule has 27 heavy (non-hydrogen) atoms. The summed E-state index contributed by atoms with van der Waals surface area (Å²) in [5, 5.41) is -0.589. The minimum Gasteiger partial charge on any atom is -0.458 e. The highest BCUT2D eigenvalue weighted by atomic mass is 35.5. The molecular formula is C18H19Cl4NO4. The minimum absolute atomic E-state index is 0.00458. The van der Waals surface area contributed by atoms with E-state index in [1.165, 1.54) is 0 Å². The third-order valence-corrected chi connectivity index (χ3v) is 5.62. The summed E-state index contributed by atoms with van der Waals surface area (Å²) < 4.78 is 5.41. The molecule has 1 atom stereocenters. The molecule has 1 aliphatic heterocycles. The molecule has 0 radical (unpaired) electrons. The average molecular weight is 455 g/mol. The van der Waals surface area contributed by atoms with Crippen LogP contribution in [0.5, 0.6) is 0 Å². The summed E-state index contributed by atoms with van der Waals surface area (Å²) in [7, 11) is 0. The molecule has 148 valence electrons. The number of benzene rings is 1. The molecule has 0 fully saturated rings. The monoisotopic (exact) mass is 453 g/mol. The number of carbonyl (C=O) groups excluding carboxylic acids is 3. The SMILES string of the molecule is CC(C)C[C@@H](C(=O)OC(C)(C)C)N1C(=O)c2c(Cl)c(Cl)c(Cl)c(Cl)c2C1=O. The summed E-state index contributed by atoms with van der Waals surface area (Å²) >= 11 is 24.3. The molecule has 1 aliphatic rings. The summed E-state index contributed by atoms with van der Waals surface area (Å²) in [5.41, 5.74) is -1.09. The second-order valence-electron chi connectivity index (χ2n) is 7.67. The first kappa shape index (κ1) is 22.3. The lowest BCUT2D eigenvalue weighted by Gasteiger charge is -2.29. The molecule has 5 nitrogen and oxygen atoms in total. The van der Waals surface area contributed by atoms with E-state index in [1.807, 2.05) is 13.8 Å². The molecule has 0 spiro atoms. The van der Waals surface area contributed by atoms with Crippen LogP contribution < -0.4 is 0 Å². The van der Waals surface area contributed by atoms with Gasteiger partial charge in [-0.2, -0.15) is 0 Å². The Morgan fingerprint density at radius 1 is 0.926 bits per heavy atom. The largest absolute Gasteiger partial charge is 0.458 e. The molecule has 1 aromatic carbocycles. The number of imide groups is 1. The third-order valence-electron chi connectivity index (χ3n) is 3.82. The Morgan fingerprint density at radius 2 is 1.33 bits per heavy atom. The highest BCUT2D eigenvalue weighted by molar-refractivity contribution is 6.55. The molecule has 0 saturated carbocycles. The smallest absolute Gasteiger partial charge is 0.329 e. The fourth-order valence-corrected chi connectivity index (χ4v) is 3.79. The molecule has 0 unspecified atom stereocenters. The van der Waals surface area contributed by atoms with Gasteiger partial charge in [-0.3, -0.25) is 14.5 Å². The minimum atomic E-state index is -1.12. The molecule has 2 amide bonds. The van der Waals surface area contributed by atoms with Gasteiger partial charge in [0.1, 0.15) is 11.6 Å². The van der Waals surface area contributed by atoms with Gasteiger partial charge in [0.2, 0.25) is 0 Å². The van der Waals surface area contributed by atoms with Crippen LogP contribution in [0.2, 0.25) is 20.1 Å². The van der Waals surface area contributed by atoms with E-state index < -0.39 is 29.4 Å². The summed E-state index contributed by atoms with van der Waals surface area (Å²) in [4.78, 5) is 39.6. The lowest BCUT2D eigenvalue weighted by Crippen LogP contribution is -2.48. The van der Waals surface area contributed by atoms with E-state index in [0.717, 1.165) is 4.90 Å². The van der Waals surface area contributed by atoms with Crippen LogP contribution in [0.1, 0.15) is 61.8 Å². The van der Waals surface area contributed by atoms with Crippen LogP contribution in [0, 0.1) is 5.92 Å². The fraction of sp³-hybridized carbons (Fsp3) is 0.500. The number of amides is 2. The van der Waals surface area contributed by atoms with Gasteiger partial charge in [0.25, 0.3) is 11.8 Å². The van der Waals surface area contributed by atoms with Crippen LogP contribution in [-0.4, -0.2) is 34.3 Å². The van der Waals surface area contributed by atoms with Crippen molar-refractivity contribution >= 4 is 64.2 Å². The van der Waals surface area contributed by atoms with Gasteiger partial charge in [0.05, 0.1) is 31.2 Å². The topological polar surface area (TPSA) is 63.7 Å². The van der Waals surface area contributed by atoms with Crippen molar-refractivity contribution in [2.24, 2.45) is 5.92 Å². The van der Waals surface area contributed by atoms with Crippen molar-refractivity contribution in [3.05, 3.63) is 31.2 Å². The maximum absolute atomic E-state index is 13.0. The van der Waals surface area contributed by atoms with Gasteiger partial charge in [-0.15, -0.1) is 0 Å². The first-order chi connectivity index (χ1) is 12.3. The van der Waals surface area contributed by atoms with Crippen LogP contribution in [0.25, 0.3) is 0 Å². The number of ether oxygens (including phenoxy) is 1. The predicted octanol–water partition coefficient (Wildman–Crippen LogP) is 5.65. The fourth-order valence-electron chi connectivity index (χ4n) is 2.77. The number of hydrogen-bond acceptors (Lipinski definition) is 4. The highest BCUT2D eigenvalue weighted by Gasteiger charge is 2.47. The van der Waals surface area contributed by atoms with Crippen molar-refractivity contribution < 1.29 is 19.1 Å². The highest BCUT2D eigenvalue weighted by Crippen LogP contribution is 2.45. The quantitative estimate of drug-likeness (QED) is 0.255. The summed E-state index contributed by atoms with van der Waals surface area (Å²) in [6.07, 6.45) is 0.219. The number of fused-ring (bicyclic) bond motifs is 1. The summed E-state index contributed by atoms with van der Waals surface area (Å²) in [6, 6.07) is -1.12. The first-order valence-electron chi connectivity index (χ1n) is 8.24. The van der Waals surface area contributed by atoms with E-state index in [2.05, 4.69) is 0 Å². The number of halogens is 4. The first-order valence-corrected chi connectivity index (χ1v) is 9.75. The Hall–Kier alpha value is -1.01. The van der Waals surface area contributed by atoms with Crippen molar-refractivity contribution in [2.75, 3.05) is 0 Å². The van der Waals surface area contributed by atoms with E-state index >= 15 is 0 Å². The van der Waals surface area contributed by atoms with Crippen molar-refractivity contribution in [3.8, 4) is 0 Å². The Morgan fingerprint density at radius 3 is 1.67 bits per heavy atom. The molecule has 1 heterocycles. The molecule has 0 aliphatic carbocycles. The Kier molecular flexibility index (Phi) is 6.42. The summed E-state index contributed by atoms with van der Waals surface area (Å²) in [6.45, 7) is 8.83. The lowest BCUT2D eigenvalue weighted by atomic mass is 10.0. The van der Waals surface area contributed by atoms with E-state index in [1.54, 1.807) is 20.8 Å². The van der Waals surface area contributed by atoms with Crippen molar-refractivity contribution in [1.29, 1.82) is 0 Å². The predicted molar refractivity (Wildman–Crippen MR) is 106 cm³/mol. The maximum Gasteiger partial charge on any atom is 0.329 e. The average Bonchev–Trinajstić information content (AvgIpc) is 2.78. The van der Waals surface area contributed by atoms with Crippen LogP contribution in [0.15, 0.2) is 0 Å². The van der Waals surface area contributed by atoms with Gasteiger partial charge in [-0.25, -0.2) is 4.79 Å². The number of carbonyl (C=O) groups is 3. The normalized spacial score (nSPS) is 15.4. The second-order valence-corrected chi connectivity index (χ2v) is 9.18. The molecular weight excluding hydrogens is 436 g/mol. The molecule has 0 aromatic heterocycles. The number of hydrogen-bond donors (Lipinski definition) is 0. The second kappa shape index (κ2) is 7.78. The zero-order valence-electron chi connectivity index (χ0n) is 15.5. The molecule has 0 saturated heterocycles. The molecule has 1 aromatic rings. The van der Waals surface area contributed by atoms with Gasteiger partial charge in [0, 0.05) is 0 Å². The van der Waals surface area contributed by atoms with E-state index in [-0.39, 0.29) is 43.6 Å². The van der Waals surface area contributed by atoms with Gasteiger partial charge in [0.15, 0.2) is 0 Å². The van der Waals surface area contributed by atoms with Crippen molar-refractivity contribution in [1.82, 2.24) is 4.90 Å². The molecule has 2 rings (SSSR count). The zero-order chi connectivity index (χ0) is 20.8. The van der Waals surface area contributed by atoms with Crippen LogP contribution in [0.4, 0.5) is 0 Å². The van der Waals surface area contributed by atoms with Gasteiger partial charge >= 0.3 is 5.97 Å². The Labute approximate surface area is 177 Å². The standard InChI is InChI=1S/C18H19Cl4NO4/c1-7(2)6-8(17(26)27-18(3,4)5)23-15(24)9-10(16(23)25)12(20)14(22)13(21)11(9)19/h7-8H,6H2,1-5H3/t8-/m0/s1. The van der Waals surface area contributed by atoms with Crippen LogP contribution >= 0.6 is 46.4 Å². The zero-order valence-corrected chi connectivity index (χ0v) is 18.5. The number of esters is 1. The maximum atomic E-state index is 13.0. The molecule has 9 heteroatoms. The van der Waals surface area contributed by atoms with Gasteiger partial charge in [-0.1, -0.05) is 60.3 Å². The number of nitrogens with zero attached hydrogens (tertiary/aromatic N) is 1. The Balaban J connectivity index is 2.57. The van der Waals surface area contributed by atoms with Crippen molar-refractivity contribution in [3.63, 3.8) is 0 Å². The van der Waals surface area contributed by atoms with Gasteiger partial charge in [-0.05, 0) is 33.1 Å². The van der Waals surface area contributed by atoms with E-state index in [4.69, 9.17) is 51.1 Å². The third kappa shape index (κ3) is 4.21.